The Balaban J connectivity index is 1.96. The Morgan fingerprint density at radius 2 is 1.80 bits per heavy atom. The van der Waals surface area contributed by atoms with Gasteiger partial charge in [-0.05, 0) is 30.3 Å². The molecule has 0 aliphatic rings. The predicted octanol–water partition coefficient (Wildman–Crippen LogP) is 3.64. The average Bonchev–Trinajstić information content (AvgIpc) is 2.41. The highest BCUT2D eigenvalue weighted by Gasteiger charge is 2.12. The van der Waals surface area contributed by atoms with E-state index in [1.807, 2.05) is 0 Å². The molecular formula is C14H10ClF2NO2. The number of nitrogens with one attached hydrogen (secondary N) is 1. The first-order valence-electron chi connectivity index (χ1n) is 5.68. The summed E-state index contributed by atoms with van der Waals surface area (Å²) in [5.41, 5.74) is -0.493. The fraction of sp³-hybridized carbons (Fsp3) is 0.0714. The molecule has 0 radical (unpaired) electrons. The van der Waals surface area contributed by atoms with E-state index in [9.17, 15) is 13.6 Å². The van der Waals surface area contributed by atoms with E-state index in [0.717, 1.165) is 12.1 Å². The molecule has 0 fully saturated rings. The zero-order chi connectivity index (χ0) is 14.5. The molecule has 104 valence electrons. The fourth-order valence-electron chi connectivity index (χ4n) is 1.50. The normalized spacial score (nSPS) is 10.2. The van der Waals surface area contributed by atoms with Crippen LogP contribution >= 0.6 is 11.6 Å². The number of carbonyl (C=O) groups excluding carboxylic acids is 1. The second-order valence-corrected chi connectivity index (χ2v) is 4.33. The maximum absolute atomic E-state index is 13.3. The predicted molar refractivity (Wildman–Crippen MR) is 71.9 cm³/mol. The lowest BCUT2D eigenvalue weighted by molar-refractivity contribution is -0.118. The molecule has 0 aromatic heterocycles. The second-order valence-electron chi connectivity index (χ2n) is 3.89. The zero-order valence-electron chi connectivity index (χ0n) is 10.2. The van der Waals surface area contributed by atoms with Gasteiger partial charge in [0, 0.05) is 5.02 Å². The molecule has 2 aromatic rings. The van der Waals surface area contributed by atoms with Gasteiger partial charge in [-0.15, -0.1) is 0 Å². The van der Waals surface area contributed by atoms with Crippen LogP contribution in [0.5, 0.6) is 5.75 Å². The van der Waals surface area contributed by atoms with E-state index in [2.05, 4.69) is 5.32 Å². The third-order valence-corrected chi connectivity index (χ3v) is 2.63. The molecule has 6 heteroatoms. The molecule has 0 saturated heterocycles. The van der Waals surface area contributed by atoms with Crippen molar-refractivity contribution in [3.8, 4) is 5.75 Å². The van der Waals surface area contributed by atoms with Crippen molar-refractivity contribution in [2.24, 2.45) is 0 Å². The van der Waals surface area contributed by atoms with Gasteiger partial charge in [0.25, 0.3) is 5.91 Å². The van der Waals surface area contributed by atoms with Crippen molar-refractivity contribution < 1.29 is 18.3 Å². The summed E-state index contributed by atoms with van der Waals surface area (Å²) in [4.78, 5) is 11.6. The minimum Gasteiger partial charge on any atom is -0.484 e. The number of anilines is 1. The van der Waals surface area contributed by atoms with Crippen LogP contribution in [0.15, 0.2) is 42.5 Å². The van der Waals surface area contributed by atoms with Gasteiger partial charge >= 0.3 is 0 Å². The minimum atomic E-state index is -0.846. The van der Waals surface area contributed by atoms with Gasteiger partial charge < -0.3 is 10.1 Å². The summed E-state index contributed by atoms with van der Waals surface area (Å²) < 4.78 is 31.8. The van der Waals surface area contributed by atoms with Crippen molar-refractivity contribution in [1.29, 1.82) is 0 Å². The monoisotopic (exact) mass is 297 g/mol. The molecule has 0 unspecified atom stereocenters. The molecule has 0 heterocycles. The zero-order valence-corrected chi connectivity index (χ0v) is 11.0. The van der Waals surface area contributed by atoms with Crippen LogP contribution in [-0.2, 0) is 4.79 Å². The van der Waals surface area contributed by atoms with E-state index < -0.39 is 23.2 Å². The molecule has 2 aromatic carbocycles. The first-order valence-corrected chi connectivity index (χ1v) is 6.06. The van der Waals surface area contributed by atoms with Crippen molar-refractivity contribution in [3.63, 3.8) is 0 Å². The topological polar surface area (TPSA) is 38.3 Å². The van der Waals surface area contributed by atoms with Gasteiger partial charge in [-0.3, -0.25) is 4.79 Å². The number of ether oxygens (including phenoxy) is 1. The fourth-order valence-corrected chi connectivity index (χ4v) is 1.68. The summed E-state index contributed by atoms with van der Waals surface area (Å²) >= 11 is 5.75. The Labute approximate surface area is 119 Å². The molecule has 0 aliphatic heterocycles. The van der Waals surface area contributed by atoms with Gasteiger partial charge in [0.1, 0.15) is 23.1 Å². The van der Waals surface area contributed by atoms with Gasteiger partial charge in [0.05, 0.1) is 0 Å². The van der Waals surface area contributed by atoms with Crippen LogP contribution in [0.2, 0.25) is 5.02 Å². The van der Waals surface area contributed by atoms with E-state index in [4.69, 9.17) is 16.3 Å². The number of amides is 1. The number of hydrogen-bond donors (Lipinski definition) is 1. The third-order valence-electron chi connectivity index (χ3n) is 2.39. The van der Waals surface area contributed by atoms with Crippen molar-refractivity contribution >= 4 is 23.2 Å². The second kappa shape index (κ2) is 6.34. The van der Waals surface area contributed by atoms with Crippen molar-refractivity contribution in [2.75, 3.05) is 11.9 Å². The summed E-state index contributed by atoms with van der Waals surface area (Å²) in [6, 6.07) is 9.77. The molecule has 0 spiro atoms. The van der Waals surface area contributed by atoms with E-state index in [0.29, 0.717) is 10.8 Å². The Morgan fingerprint density at radius 3 is 2.45 bits per heavy atom. The largest absolute Gasteiger partial charge is 0.484 e. The quantitative estimate of drug-likeness (QED) is 0.936. The van der Waals surface area contributed by atoms with Gasteiger partial charge in [-0.1, -0.05) is 23.7 Å². The number of carbonyl (C=O) groups is 1. The summed E-state index contributed by atoms with van der Waals surface area (Å²) in [6.07, 6.45) is 0. The van der Waals surface area contributed by atoms with Crippen LogP contribution in [0, 0.1) is 11.6 Å². The number of benzene rings is 2. The van der Waals surface area contributed by atoms with Gasteiger partial charge in [0.2, 0.25) is 0 Å². The SMILES string of the molecule is O=C(COc1cccc(Cl)c1)Nc1c(F)cccc1F. The molecule has 2 rings (SSSR count). The highest BCUT2D eigenvalue weighted by molar-refractivity contribution is 6.30. The molecule has 0 aliphatic carbocycles. The summed E-state index contributed by atoms with van der Waals surface area (Å²) in [6.45, 7) is -0.381. The number of hydrogen-bond acceptors (Lipinski definition) is 2. The Kier molecular flexibility index (Phi) is 4.53. The molecule has 0 bridgehead atoms. The Morgan fingerprint density at radius 1 is 1.15 bits per heavy atom. The van der Waals surface area contributed by atoms with E-state index in [1.165, 1.54) is 12.1 Å². The maximum atomic E-state index is 13.3. The minimum absolute atomic E-state index is 0.381. The Bertz CT molecular complexity index is 614. The highest BCUT2D eigenvalue weighted by Crippen LogP contribution is 2.19. The first-order chi connectivity index (χ1) is 9.56. The van der Waals surface area contributed by atoms with Crippen LogP contribution < -0.4 is 10.1 Å². The van der Waals surface area contributed by atoms with Crippen LogP contribution in [0.25, 0.3) is 0 Å². The molecule has 1 amide bonds. The number of halogens is 3. The first kappa shape index (κ1) is 14.3. The number of rotatable bonds is 4. The standard InChI is InChI=1S/C14H10ClF2NO2/c15-9-3-1-4-10(7-9)20-8-13(19)18-14-11(16)5-2-6-12(14)17/h1-7H,8H2,(H,18,19). The lowest BCUT2D eigenvalue weighted by Crippen LogP contribution is -2.21. The van der Waals surface area contributed by atoms with Crippen molar-refractivity contribution in [1.82, 2.24) is 0 Å². The van der Waals surface area contributed by atoms with Crippen LogP contribution in [0.4, 0.5) is 14.5 Å². The average molecular weight is 298 g/mol. The summed E-state index contributed by atoms with van der Waals surface area (Å²) in [7, 11) is 0. The van der Waals surface area contributed by atoms with Gasteiger partial charge in [-0.25, -0.2) is 8.78 Å². The van der Waals surface area contributed by atoms with E-state index in [-0.39, 0.29) is 6.61 Å². The molecule has 3 nitrogen and oxygen atoms in total. The highest BCUT2D eigenvalue weighted by atomic mass is 35.5. The number of para-hydroxylation sites is 1. The van der Waals surface area contributed by atoms with Crippen molar-refractivity contribution in [2.45, 2.75) is 0 Å². The smallest absolute Gasteiger partial charge is 0.262 e. The molecule has 0 atom stereocenters. The van der Waals surface area contributed by atoms with E-state index in [1.54, 1.807) is 18.2 Å². The van der Waals surface area contributed by atoms with Crippen LogP contribution in [0.3, 0.4) is 0 Å². The molecule has 0 saturated carbocycles. The summed E-state index contributed by atoms with van der Waals surface area (Å²) in [5, 5.41) is 2.58. The van der Waals surface area contributed by atoms with Crippen LogP contribution in [-0.4, -0.2) is 12.5 Å². The van der Waals surface area contributed by atoms with Crippen molar-refractivity contribution in [3.05, 3.63) is 59.1 Å². The van der Waals surface area contributed by atoms with E-state index >= 15 is 0 Å². The van der Waals surface area contributed by atoms with Gasteiger partial charge in [0.15, 0.2) is 6.61 Å². The molecule has 20 heavy (non-hydrogen) atoms. The molecular weight excluding hydrogens is 288 g/mol. The Hall–Kier alpha value is -2.14. The summed E-state index contributed by atoms with van der Waals surface area (Å²) in [5.74, 6) is -1.97. The maximum Gasteiger partial charge on any atom is 0.262 e. The lowest BCUT2D eigenvalue weighted by atomic mass is 10.3. The lowest BCUT2D eigenvalue weighted by Gasteiger charge is -2.09. The van der Waals surface area contributed by atoms with Gasteiger partial charge in [-0.2, -0.15) is 0 Å². The van der Waals surface area contributed by atoms with Crippen LogP contribution in [0.1, 0.15) is 0 Å². The third kappa shape index (κ3) is 3.68. The molecule has 1 N–H and O–H groups in total.